The minimum atomic E-state index is -1.93. The molecule has 1 fully saturated rings. The summed E-state index contributed by atoms with van der Waals surface area (Å²) in [5, 5.41) is 3.70. The number of fused-ring (bicyclic) bond motifs is 3. The molecule has 3 aliphatic rings. The summed E-state index contributed by atoms with van der Waals surface area (Å²) in [6.45, 7) is 17.3. The van der Waals surface area contributed by atoms with Gasteiger partial charge < -0.3 is 9.88 Å². The van der Waals surface area contributed by atoms with E-state index in [0.717, 1.165) is 5.92 Å². The number of allylic oxidation sites excluding steroid dienone is 4. The van der Waals surface area contributed by atoms with E-state index in [1.54, 1.807) is 11.1 Å². The third-order valence-corrected chi connectivity index (χ3v) is 12.7. The van der Waals surface area contributed by atoms with Gasteiger partial charge in [-0.05, 0) is 71.4 Å². The Hall–Kier alpha value is -2.26. The molecule has 0 amide bonds. The molecule has 33 heavy (non-hydrogen) atoms. The molecular formula is C30H40N2Si. The molecule has 0 radical (unpaired) electrons. The Morgan fingerprint density at radius 3 is 2.00 bits per heavy atom. The van der Waals surface area contributed by atoms with Crippen molar-refractivity contribution in [1.29, 1.82) is 0 Å². The Morgan fingerprint density at radius 1 is 0.879 bits per heavy atom. The Balaban J connectivity index is 1.63. The van der Waals surface area contributed by atoms with Gasteiger partial charge in [-0.15, -0.1) is 0 Å². The van der Waals surface area contributed by atoms with Gasteiger partial charge in [0.05, 0.1) is 22.7 Å². The summed E-state index contributed by atoms with van der Waals surface area (Å²) in [6.07, 6.45) is 6.60. The smallest absolute Gasteiger partial charge is 0.160 e. The number of nitrogens with one attached hydrogen (secondary N) is 1. The van der Waals surface area contributed by atoms with E-state index in [-0.39, 0.29) is 0 Å². The van der Waals surface area contributed by atoms with Crippen LogP contribution in [0, 0.1) is 29.6 Å². The first-order valence-corrected chi connectivity index (χ1v) is 15.9. The highest BCUT2D eigenvalue weighted by Crippen LogP contribution is 2.59. The third kappa shape index (κ3) is 3.60. The zero-order valence-corrected chi connectivity index (χ0v) is 22.4. The van der Waals surface area contributed by atoms with Crippen LogP contribution in [-0.4, -0.2) is 8.24 Å². The van der Waals surface area contributed by atoms with Gasteiger partial charge in [0.15, 0.2) is 8.24 Å². The first-order valence-electron chi connectivity index (χ1n) is 12.9. The lowest BCUT2D eigenvalue weighted by Gasteiger charge is -2.48. The number of benzene rings is 2. The summed E-state index contributed by atoms with van der Waals surface area (Å²) < 4.78 is 2.78. The molecule has 0 aromatic heterocycles. The predicted molar refractivity (Wildman–Crippen MR) is 146 cm³/mol. The molecule has 2 aromatic rings. The van der Waals surface area contributed by atoms with E-state index in [0.29, 0.717) is 29.2 Å². The lowest BCUT2D eigenvalue weighted by molar-refractivity contribution is 0.389. The molecule has 1 heterocycles. The van der Waals surface area contributed by atoms with Crippen LogP contribution in [0.4, 0.5) is 22.7 Å². The van der Waals surface area contributed by atoms with Crippen molar-refractivity contribution in [2.24, 2.45) is 29.6 Å². The van der Waals surface area contributed by atoms with Crippen molar-refractivity contribution >= 4 is 31.0 Å². The van der Waals surface area contributed by atoms with E-state index in [2.05, 4.69) is 118 Å². The Bertz CT molecular complexity index is 1060. The highest BCUT2D eigenvalue weighted by atomic mass is 28.3. The molecular weight excluding hydrogens is 416 g/mol. The Kier molecular flexibility index (Phi) is 5.59. The minimum Gasteiger partial charge on any atom is -0.366 e. The Labute approximate surface area is 201 Å². The first kappa shape index (κ1) is 22.5. The van der Waals surface area contributed by atoms with Gasteiger partial charge >= 0.3 is 0 Å². The third-order valence-electron chi connectivity index (χ3n) is 8.60. The second-order valence-electron chi connectivity index (χ2n) is 11.7. The maximum atomic E-state index is 3.70. The molecule has 0 bridgehead atoms. The number of rotatable bonds is 4. The van der Waals surface area contributed by atoms with Crippen molar-refractivity contribution in [1.82, 2.24) is 0 Å². The molecule has 5 rings (SSSR count). The van der Waals surface area contributed by atoms with Gasteiger partial charge in [0.1, 0.15) is 0 Å². The van der Waals surface area contributed by atoms with Gasteiger partial charge in [0, 0.05) is 0 Å². The van der Waals surface area contributed by atoms with Crippen LogP contribution in [0.1, 0.15) is 41.0 Å². The van der Waals surface area contributed by atoms with E-state index in [1.807, 2.05) is 0 Å². The van der Waals surface area contributed by atoms with Gasteiger partial charge in [-0.1, -0.05) is 89.7 Å². The van der Waals surface area contributed by atoms with Crippen molar-refractivity contribution in [3.63, 3.8) is 0 Å². The lowest BCUT2D eigenvalue weighted by Crippen LogP contribution is -2.52. The van der Waals surface area contributed by atoms with Crippen LogP contribution >= 0.6 is 0 Å². The molecule has 2 nitrogen and oxygen atoms in total. The van der Waals surface area contributed by atoms with Gasteiger partial charge in [-0.25, -0.2) is 0 Å². The van der Waals surface area contributed by atoms with Crippen LogP contribution in [0.3, 0.4) is 0 Å². The summed E-state index contributed by atoms with van der Waals surface area (Å²) >= 11 is 0. The van der Waals surface area contributed by atoms with Crippen LogP contribution < -0.4 is 9.88 Å². The molecule has 4 atom stereocenters. The maximum absolute atomic E-state index is 3.70. The van der Waals surface area contributed by atoms with Crippen LogP contribution in [-0.2, 0) is 0 Å². The van der Waals surface area contributed by atoms with Gasteiger partial charge in [0.25, 0.3) is 0 Å². The maximum Gasteiger partial charge on any atom is 0.160 e. The van der Waals surface area contributed by atoms with Crippen LogP contribution in [0.15, 0.2) is 71.8 Å². The second-order valence-corrected chi connectivity index (χ2v) is 16.2. The first-order chi connectivity index (χ1) is 15.7. The molecule has 0 spiro atoms. The average Bonchev–Trinajstić information content (AvgIpc) is 3.13. The van der Waals surface area contributed by atoms with Crippen molar-refractivity contribution in [2.45, 2.75) is 59.7 Å². The molecule has 1 N–H and O–H groups in total. The molecule has 2 aliphatic carbocycles. The topological polar surface area (TPSA) is 15.3 Å². The molecule has 174 valence electrons. The van der Waals surface area contributed by atoms with Crippen molar-refractivity contribution in [3.8, 4) is 0 Å². The van der Waals surface area contributed by atoms with E-state index < -0.39 is 8.24 Å². The number of anilines is 4. The van der Waals surface area contributed by atoms with Crippen molar-refractivity contribution < 1.29 is 0 Å². The van der Waals surface area contributed by atoms with Crippen molar-refractivity contribution in [3.05, 3.63) is 71.8 Å². The van der Waals surface area contributed by atoms with Crippen molar-refractivity contribution in [2.75, 3.05) is 9.88 Å². The fraction of sp³-hybridized carbons (Fsp3) is 0.467. The minimum absolute atomic E-state index is 0.585. The molecule has 1 aliphatic heterocycles. The highest BCUT2D eigenvalue weighted by Gasteiger charge is 2.53. The highest BCUT2D eigenvalue weighted by molar-refractivity contribution is 6.84. The van der Waals surface area contributed by atoms with Gasteiger partial charge in [0.2, 0.25) is 0 Å². The SMILES string of the molecule is CC(C)C1=C[C@@H]2C([Si](C)(C)N3c4ccccc4Nc4ccccc43)C[C@H](C)[C@@H]2C(C(C)C)=C1. The fourth-order valence-electron chi connectivity index (χ4n) is 6.94. The van der Waals surface area contributed by atoms with E-state index in [4.69, 9.17) is 0 Å². The monoisotopic (exact) mass is 456 g/mol. The summed E-state index contributed by atoms with van der Waals surface area (Å²) in [4.78, 5) is 0. The molecule has 1 unspecified atom stereocenters. The number of nitrogens with zero attached hydrogens (tertiary/aromatic N) is 1. The quantitative estimate of drug-likeness (QED) is 0.462. The van der Waals surface area contributed by atoms with E-state index in [1.165, 1.54) is 29.2 Å². The molecule has 2 aromatic carbocycles. The normalized spacial score (nSPS) is 26.4. The zero-order chi connectivity index (χ0) is 23.5. The van der Waals surface area contributed by atoms with Crippen LogP contribution in [0.2, 0.25) is 18.6 Å². The van der Waals surface area contributed by atoms with E-state index in [9.17, 15) is 0 Å². The summed E-state index contributed by atoms with van der Waals surface area (Å²) in [7, 11) is -1.93. The van der Waals surface area contributed by atoms with Crippen LogP contribution in [0.5, 0.6) is 0 Å². The lowest BCUT2D eigenvalue weighted by atomic mass is 9.73. The number of hydrogen-bond acceptors (Lipinski definition) is 2. The number of para-hydroxylation sites is 4. The van der Waals surface area contributed by atoms with Gasteiger partial charge in [-0.3, -0.25) is 0 Å². The zero-order valence-electron chi connectivity index (χ0n) is 21.4. The largest absolute Gasteiger partial charge is 0.366 e. The summed E-state index contributed by atoms with van der Waals surface area (Å²) in [5.41, 5.74) is 9.17. The Morgan fingerprint density at radius 2 is 1.45 bits per heavy atom. The molecule has 3 heteroatoms. The standard InChI is InChI=1S/C30H40N2Si/c1-19(2)22-17-23(20(3)4)30-21(5)16-29(24(30)18-22)33(6,7)32-27-14-10-8-12-25(27)31-26-13-9-11-15-28(26)32/h8-15,17-21,24,29-31H,16H2,1-7H3/t21-,24+,29?,30+/m0/s1. The summed E-state index contributed by atoms with van der Waals surface area (Å²) in [5.74, 6) is 3.28. The predicted octanol–water partition coefficient (Wildman–Crippen LogP) is 8.91. The van der Waals surface area contributed by atoms with Crippen LogP contribution in [0.25, 0.3) is 0 Å². The fourth-order valence-corrected chi connectivity index (χ4v) is 11.1. The number of hydrogen-bond donors (Lipinski definition) is 1. The molecule has 1 saturated carbocycles. The van der Waals surface area contributed by atoms with Gasteiger partial charge in [-0.2, -0.15) is 0 Å². The second kappa shape index (κ2) is 8.20. The average molecular weight is 457 g/mol. The molecule has 0 saturated heterocycles. The summed E-state index contributed by atoms with van der Waals surface area (Å²) in [6, 6.07) is 17.8. The van der Waals surface area contributed by atoms with E-state index >= 15 is 0 Å².